The molecule has 122 valence electrons. The summed E-state index contributed by atoms with van der Waals surface area (Å²) < 4.78 is 25.2. The standard InChI is InChI=1S/C17H19FN2O3/c1-10-14(20-16(21)17(10,2)18)9-23-15-13-8-12(22-3)5-4-11(13)6-7-19-15/h4-8,10,14H,9H2,1-3H3,(H,20,21)/t10-,14+,17-/m0/s1. The summed E-state index contributed by atoms with van der Waals surface area (Å²) in [5, 5.41) is 4.42. The Morgan fingerprint density at radius 1 is 1.39 bits per heavy atom. The molecule has 6 heteroatoms. The van der Waals surface area contributed by atoms with Crippen LogP contribution in [-0.2, 0) is 4.79 Å². The van der Waals surface area contributed by atoms with E-state index in [0.29, 0.717) is 11.6 Å². The van der Waals surface area contributed by atoms with E-state index in [-0.39, 0.29) is 12.6 Å². The third-order valence-corrected chi connectivity index (χ3v) is 4.56. The number of carbonyl (C=O) groups excluding carboxylic acids is 1. The van der Waals surface area contributed by atoms with Gasteiger partial charge in [-0.15, -0.1) is 0 Å². The average Bonchev–Trinajstić information content (AvgIpc) is 2.75. The summed E-state index contributed by atoms with van der Waals surface area (Å²) in [7, 11) is 1.59. The van der Waals surface area contributed by atoms with Gasteiger partial charge in [0.1, 0.15) is 12.4 Å². The molecular formula is C17H19FN2O3. The molecule has 0 spiro atoms. The molecule has 5 nitrogen and oxygen atoms in total. The average molecular weight is 318 g/mol. The Morgan fingerprint density at radius 3 is 2.83 bits per heavy atom. The fraction of sp³-hybridized carbons (Fsp3) is 0.412. The second-order valence-electron chi connectivity index (χ2n) is 5.96. The van der Waals surface area contributed by atoms with Crippen molar-refractivity contribution in [1.29, 1.82) is 0 Å². The first kappa shape index (κ1) is 15.5. The van der Waals surface area contributed by atoms with E-state index in [2.05, 4.69) is 10.3 Å². The van der Waals surface area contributed by atoms with Crippen LogP contribution in [0.3, 0.4) is 0 Å². The van der Waals surface area contributed by atoms with Gasteiger partial charge in [-0.05, 0) is 30.5 Å². The lowest BCUT2D eigenvalue weighted by molar-refractivity contribution is -0.129. The molecule has 1 saturated heterocycles. The molecule has 1 amide bonds. The van der Waals surface area contributed by atoms with Gasteiger partial charge in [-0.2, -0.15) is 0 Å². The van der Waals surface area contributed by atoms with Gasteiger partial charge in [0.25, 0.3) is 5.91 Å². The largest absolute Gasteiger partial charge is 0.497 e. The zero-order chi connectivity index (χ0) is 16.6. The van der Waals surface area contributed by atoms with Crippen LogP contribution in [0.15, 0.2) is 30.5 Å². The molecule has 0 aliphatic carbocycles. The molecule has 3 rings (SSSR count). The second-order valence-corrected chi connectivity index (χ2v) is 5.96. The summed E-state index contributed by atoms with van der Waals surface area (Å²) in [5.41, 5.74) is -1.87. The van der Waals surface area contributed by atoms with Crippen molar-refractivity contribution < 1.29 is 18.7 Å². The number of aromatic nitrogens is 1. The van der Waals surface area contributed by atoms with Crippen LogP contribution in [0, 0.1) is 5.92 Å². The number of amides is 1. The molecule has 1 aliphatic rings. The molecule has 1 N–H and O–H groups in total. The second kappa shape index (κ2) is 5.68. The number of ether oxygens (including phenoxy) is 2. The van der Waals surface area contributed by atoms with Gasteiger partial charge < -0.3 is 14.8 Å². The summed E-state index contributed by atoms with van der Waals surface area (Å²) >= 11 is 0. The van der Waals surface area contributed by atoms with Gasteiger partial charge in [0.15, 0.2) is 5.67 Å². The maximum Gasteiger partial charge on any atom is 0.258 e. The minimum absolute atomic E-state index is 0.162. The number of nitrogens with zero attached hydrogens (tertiary/aromatic N) is 1. The summed E-state index contributed by atoms with van der Waals surface area (Å²) in [4.78, 5) is 15.9. The number of benzene rings is 1. The quantitative estimate of drug-likeness (QED) is 0.941. The third kappa shape index (κ3) is 2.69. The molecule has 23 heavy (non-hydrogen) atoms. The van der Waals surface area contributed by atoms with Crippen molar-refractivity contribution in [3.63, 3.8) is 0 Å². The van der Waals surface area contributed by atoms with Crippen molar-refractivity contribution in [2.24, 2.45) is 5.92 Å². The number of rotatable bonds is 4. The monoisotopic (exact) mass is 318 g/mol. The summed E-state index contributed by atoms with van der Waals surface area (Å²) in [6, 6.07) is 7.11. The zero-order valence-corrected chi connectivity index (χ0v) is 13.3. The molecule has 1 aromatic heterocycles. The molecule has 0 radical (unpaired) electrons. The van der Waals surface area contributed by atoms with Gasteiger partial charge in [0.05, 0.1) is 13.2 Å². The number of methoxy groups -OCH3 is 1. The van der Waals surface area contributed by atoms with Crippen LogP contribution in [0.2, 0.25) is 0 Å². The first-order valence-electron chi connectivity index (χ1n) is 7.49. The van der Waals surface area contributed by atoms with Gasteiger partial charge >= 0.3 is 0 Å². The fourth-order valence-electron chi connectivity index (χ4n) is 2.74. The van der Waals surface area contributed by atoms with Crippen molar-refractivity contribution in [1.82, 2.24) is 10.3 Å². The van der Waals surface area contributed by atoms with E-state index in [0.717, 1.165) is 10.8 Å². The Hall–Kier alpha value is -2.37. The molecule has 1 aliphatic heterocycles. The van der Waals surface area contributed by atoms with Gasteiger partial charge in [0, 0.05) is 17.5 Å². The highest BCUT2D eigenvalue weighted by atomic mass is 19.1. The van der Waals surface area contributed by atoms with Crippen molar-refractivity contribution >= 4 is 16.7 Å². The summed E-state index contributed by atoms with van der Waals surface area (Å²) in [5.74, 6) is 0.0789. The minimum Gasteiger partial charge on any atom is -0.497 e. The Morgan fingerprint density at radius 2 is 2.17 bits per heavy atom. The Bertz CT molecular complexity index is 748. The summed E-state index contributed by atoms with van der Waals surface area (Å²) in [6.45, 7) is 3.16. The van der Waals surface area contributed by atoms with Crippen molar-refractivity contribution in [3.8, 4) is 11.6 Å². The van der Waals surface area contributed by atoms with Gasteiger partial charge in [0.2, 0.25) is 5.88 Å². The number of carbonyl (C=O) groups is 1. The van der Waals surface area contributed by atoms with E-state index in [1.807, 2.05) is 24.3 Å². The summed E-state index contributed by atoms with van der Waals surface area (Å²) in [6.07, 6.45) is 1.65. The molecule has 0 unspecified atom stereocenters. The number of alkyl halides is 1. The number of halogens is 1. The van der Waals surface area contributed by atoms with Crippen molar-refractivity contribution in [2.45, 2.75) is 25.6 Å². The van der Waals surface area contributed by atoms with E-state index in [4.69, 9.17) is 9.47 Å². The first-order chi connectivity index (χ1) is 10.9. The maximum atomic E-state index is 14.2. The van der Waals surface area contributed by atoms with Crippen LogP contribution in [-0.4, -0.2) is 36.3 Å². The number of hydrogen-bond donors (Lipinski definition) is 1. The Balaban J connectivity index is 1.81. The SMILES string of the molecule is COc1ccc2ccnc(OC[C@H]3NC(=O)[C@@](C)(F)[C@H]3C)c2c1. The van der Waals surface area contributed by atoms with E-state index < -0.39 is 17.5 Å². The van der Waals surface area contributed by atoms with Crippen molar-refractivity contribution in [2.75, 3.05) is 13.7 Å². The molecule has 1 fully saturated rings. The lowest BCUT2D eigenvalue weighted by Crippen LogP contribution is -2.34. The normalized spacial score (nSPS) is 27.0. The predicted molar refractivity (Wildman–Crippen MR) is 84.4 cm³/mol. The van der Waals surface area contributed by atoms with Crippen LogP contribution in [0.5, 0.6) is 11.6 Å². The minimum atomic E-state index is -1.87. The van der Waals surface area contributed by atoms with Crippen LogP contribution in [0.1, 0.15) is 13.8 Å². The first-order valence-corrected chi connectivity index (χ1v) is 7.49. The fourth-order valence-corrected chi connectivity index (χ4v) is 2.74. The zero-order valence-electron chi connectivity index (χ0n) is 13.3. The molecular weight excluding hydrogens is 299 g/mol. The molecule has 3 atom stereocenters. The third-order valence-electron chi connectivity index (χ3n) is 4.56. The molecule has 1 aromatic carbocycles. The highest BCUT2D eigenvalue weighted by molar-refractivity contribution is 5.88. The number of pyridine rings is 1. The van der Waals surface area contributed by atoms with Gasteiger partial charge in [-0.25, -0.2) is 9.37 Å². The van der Waals surface area contributed by atoms with Crippen molar-refractivity contribution in [3.05, 3.63) is 30.5 Å². The number of fused-ring (bicyclic) bond motifs is 1. The number of hydrogen-bond acceptors (Lipinski definition) is 4. The van der Waals surface area contributed by atoms with Crippen LogP contribution in [0.25, 0.3) is 10.8 Å². The van der Waals surface area contributed by atoms with Crippen LogP contribution >= 0.6 is 0 Å². The lowest BCUT2D eigenvalue weighted by Gasteiger charge is -2.20. The smallest absolute Gasteiger partial charge is 0.258 e. The molecule has 2 aromatic rings. The molecule has 0 bridgehead atoms. The van der Waals surface area contributed by atoms with E-state index in [1.165, 1.54) is 6.92 Å². The topological polar surface area (TPSA) is 60.5 Å². The van der Waals surface area contributed by atoms with Crippen LogP contribution in [0.4, 0.5) is 4.39 Å². The Kier molecular flexibility index (Phi) is 3.83. The van der Waals surface area contributed by atoms with E-state index in [9.17, 15) is 9.18 Å². The van der Waals surface area contributed by atoms with Crippen LogP contribution < -0.4 is 14.8 Å². The van der Waals surface area contributed by atoms with E-state index in [1.54, 1.807) is 20.2 Å². The highest BCUT2D eigenvalue weighted by Gasteiger charge is 2.50. The number of nitrogens with one attached hydrogen (secondary N) is 1. The van der Waals surface area contributed by atoms with Gasteiger partial charge in [-0.1, -0.05) is 13.0 Å². The van der Waals surface area contributed by atoms with Gasteiger partial charge in [-0.3, -0.25) is 4.79 Å². The molecule has 0 saturated carbocycles. The molecule has 2 heterocycles. The van der Waals surface area contributed by atoms with E-state index >= 15 is 0 Å². The predicted octanol–water partition coefficient (Wildman–Crippen LogP) is 2.48. The Labute approximate surface area is 133 Å². The maximum absolute atomic E-state index is 14.2. The highest BCUT2D eigenvalue weighted by Crippen LogP contribution is 2.32. The lowest BCUT2D eigenvalue weighted by atomic mass is 9.91.